The number of hydrogen-bond acceptors (Lipinski definition) is 4. The van der Waals surface area contributed by atoms with Gasteiger partial charge in [0.05, 0.1) is 12.5 Å². The number of rotatable bonds is 6. The number of carbonyl (C=O) groups is 2. The fourth-order valence-corrected chi connectivity index (χ4v) is 1.33. The van der Waals surface area contributed by atoms with Crippen LogP contribution in [-0.2, 0) is 9.53 Å². The van der Waals surface area contributed by atoms with Crippen molar-refractivity contribution in [1.82, 2.24) is 10.3 Å². The number of alkyl carbamates (subject to hydrolysis) is 1. The van der Waals surface area contributed by atoms with E-state index < -0.39 is 18.1 Å². The highest BCUT2D eigenvalue weighted by Gasteiger charge is 2.18. The number of hydrogen-bond donors (Lipinski definition) is 2. The van der Waals surface area contributed by atoms with Crippen molar-refractivity contribution >= 4 is 12.1 Å². The molecule has 1 aromatic rings. The average Bonchev–Trinajstić information content (AvgIpc) is 2.36. The van der Waals surface area contributed by atoms with Crippen LogP contribution in [0.15, 0.2) is 37.2 Å². The van der Waals surface area contributed by atoms with Crippen molar-refractivity contribution in [3.8, 4) is 0 Å². The summed E-state index contributed by atoms with van der Waals surface area (Å²) in [4.78, 5) is 26.0. The van der Waals surface area contributed by atoms with Gasteiger partial charge in [0, 0.05) is 12.4 Å². The molecule has 0 unspecified atom stereocenters. The second kappa shape index (κ2) is 7.05. The number of nitrogens with zero attached hydrogens (tertiary/aromatic N) is 1. The van der Waals surface area contributed by atoms with Crippen LogP contribution >= 0.6 is 0 Å². The number of carboxylic acid groups (broad SMARTS) is 1. The quantitative estimate of drug-likeness (QED) is 0.747. The Bertz CT molecular complexity index is 419. The summed E-state index contributed by atoms with van der Waals surface area (Å²) in [5.74, 6) is -1.02. The van der Waals surface area contributed by atoms with Crippen LogP contribution < -0.4 is 5.32 Å². The SMILES string of the molecule is C=CCOC(=O)N[C@H](CC(=O)O)c1cccnc1. The van der Waals surface area contributed by atoms with E-state index in [9.17, 15) is 9.59 Å². The molecule has 0 radical (unpaired) electrons. The van der Waals surface area contributed by atoms with E-state index in [-0.39, 0.29) is 13.0 Å². The van der Waals surface area contributed by atoms with Crippen molar-refractivity contribution in [2.75, 3.05) is 6.61 Å². The highest BCUT2D eigenvalue weighted by atomic mass is 16.5. The molecule has 1 heterocycles. The zero-order valence-electron chi connectivity index (χ0n) is 9.70. The minimum Gasteiger partial charge on any atom is -0.481 e. The number of amides is 1. The first kappa shape index (κ1) is 13.7. The zero-order chi connectivity index (χ0) is 13.4. The molecular formula is C12H14N2O4. The van der Waals surface area contributed by atoms with E-state index in [0.717, 1.165) is 0 Å². The van der Waals surface area contributed by atoms with Gasteiger partial charge in [0.15, 0.2) is 0 Å². The number of carboxylic acids is 1. The maximum Gasteiger partial charge on any atom is 0.407 e. The molecule has 6 nitrogen and oxygen atoms in total. The van der Waals surface area contributed by atoms with Gasteiger partial charge in [0.25, 0.3) is 0 Å². The average molecular weight is 250 g/mol. The molecule has 1 atom stereocenters. The van der Waals surface area contributed by atoms with Crippen molar-refractivity contribution in [2.24, 2.45) is 0 Å². The predicted octanol–water partition coefficient (Wildman–Crippen LogP) is 1.51. The predicted molar refractivity (Wildman–Crippen MR) is 63.9 cm³/mol. The number of ether oxygens (including phenoxy) is 1. The van der Waals surface area contributed by atoms with Crippen LogP contribution in [0.25, 0.3) is 0 Å². The highest BCUT2D eigenvalue weighted by molar-refractivity contribution is 5.71. The Labute approximate surface area is 104 Å². The van der Waals surface area contributed by atoms with Crippen molar-refractivity contribution in [2.45, 2.75) is 12.5 Å². The van der Waals surface area contributed by atoms with Gasteiger partial charge in [-0.05, 0) is 11.6 Å². The lowest BCUT2D eigenvalue weighted by molar-refractivity contribution is -0.137. The summed E-state index contributed by atoms with van der Waals surface area (Å²) in [6, 6.07) is 2.68. The van der Waals surface area contributed by atoms with Crippen molar-refractivity contribution in [3.05, 3.63) is 42.7 Å². The molecule has 0 spiro atoms. The van der Waals surface area contributed by atoms with Crippen LogP contribution in [0.2, 0.25) is 0 Å². The number of nitrogens with one attached hydrogen (secondary N) is 1. The Hall–Kier alpha value is -2.37. The van der Waals surface area contributed by atoms with Gasteiger partial charge >= 0.3 is 12.1 Å². The minimum atomic E-state index is -1.02. The summed E-state index contributed by atoms with van der Waals surface area (Å²) >= 11 is 0. The number of pyridine rings is 1. The summed E-state index contributed by atoms with van der Waals surface area (Å²) < 4.78 is 4.74. The van der Waals surface area contributed by atoms with Crippen LogP contribution in [-0.4, -0.2) is 28.8 Å². The summed E-state index contributed by atoms with van der Waals surface area (Å²) in [5, 5.41) is 11.3. The van der Waals surface area contributed by atoms with E-state index in [2.05, 4.69) is 16.9 Å². The van der Waals surface area contributed by atoms with E-state index in [1.165, 1.54) is 12.3 Å². The molecule has 0 bridgehead atoms. The molecule has 1 rings (SSSR count). The molecule has 0 fully saturated rings. The second-order valence-corrected chi connectivity index (χ2v) is 3.47. The monoisotopic (exact) mass is 250 g/mol. The van der Waals surface area contributed by atoms with Crippen LogP contribution in [0.4, 0.5) is 4.79 Å². The Morgan fingerprint density at radius 2 is 2.39 bits per heavy atom. The molecule has 2 N–H and O–H groups in total. The maximum absolute atomic E-state index is 11.4. The van der Waals surface area contributed by atoms with E-state index in [1.54, 1.807) is 18.3 Å². The van der Waals surface area contributed by atoms with Gasteiger partial charge in [-0.15, -0.1) is 0 Å². The Balaban J connectivity index is 2.70. The highest BCUT2D eigenvalue weighted by Crippen LogP contribution is 2.15. The third-order valence-electron chi connectivity index (χ3n) is 2.09. The smallest absolute Gasteiger partial charge is 0.407 e. The molecule has 0 saturated carbocycles. The van der Waals surface area contributed by atoms with Gasteiger partial charge in [0.2, 0.25) is 0 Å². The van der Waals surface area contributed by atoms with Crippen LogP contribution in [0.3, 0.4) is 0 Å². The Morgan fingerprint density at radius 3 is 2.94 bits per heavy atom. The normalized spacial score (nSPS) is 11.3. The van der Waals surface area contributed by atoms with Gasteiger partial charge in [0.1, 0.15) is 6.61 Å². The molecular weight excluding hydrogens is 236 g/mol. The van der Waals surface area contributed by atoms with Crippen molar-refractivity contribution < 1.29 is 19.4 Å². The first-order valence-corrected chi connectivity index (χ1v) is 5.29. The molecule has 1 aromatic heterocycles. The molecule has 96 valence electrons. The first-order valence-electron chi connectivity index (χ1n) is 5.29. The molecule has 0 aliphatic rings. The van der Waals surface area contributed by atoms with E-state index in [1.807, 2.05) is 0 Å². The largest absolute Gasteiger partial charge is 0.481 e. The van der Waals surface area contributed by atoms with Crippen LogP contribution in [0, 0.1) is 0 Å². The standard InChI is InChI=1S/C12H14N2O4/c1-2-6-18-12(17)14-10(7-11(15)16)9-4-3-5-13-8-9/h2-5,8,10H,1,6-7H2,(H,14,17)(H,15,16)/t10-/m1/s1. The molecule has 18 heavy (non-hydrogen) atoms. The molecule has 6 heteroatoms. The summed E-state index contributed by atoms with van der Waals surface area (Å²) in [6.45, 7) is 3.48. The van der Waals surface area contributed by atoms with E-state index in [4.69, 9.17) is 9.84 Å². The lowest BCUT2D eigenvalue weighted by atomic mass is 10.1. The molecule has 0 aliphatic heterocycles. The topological polar surface area (TPSA) is 88.5 Å². The molecule has 1 amide bonds. The zero-order valence-corrected chi connectivity index (χ0v) is 9.70. The second-order valence-electron chi connectivity index (χ2n) is 3.47. The fraction of sp³-hybridized carbons (Fsp3) is 0.250. The van der Waals surface area contributed by atoms with Crippen molar-refractivity contribution in [1.29, 1.82) is 0 Å². The lowest BCUT2D eigenvalue weighted by Gasteiger charge is -2.16. The molecule has 0 aliphatic carbocycles. The summed E-state index contributed by atoms with van der Waals surface area (Å²) in [7, 11) is 0. The maximum atomic E-state index is 11.4. The Morgan fingerprint density at radius 1 is 1.61 bits per heavy atom. The van der Waals surface area contributed by atoms with Gasteiger partial charge in [-0.3, -0.25) is 9.78 Å². The summed E-state index contributed by atoms with van der Waals surface area (Å²) in [5.41, 5.74) is 0.607. The van der Waals surface area contributed by atoms with Crippen molar-refractivity contribution in [3.63, 3.8) is 0 Å². The van der Waals surface area contributed by atoms with Gasteiger partial charge in [-0.25, -0.2) is 4.79 Å². The third kappa shape index (κ3) is 4.65. The van der Waals surface area contributed by atoms with E-state index in [0.29, 0.717) is 5.56 Å². The van der Waals surface area contributed by atoms with E-state index >= 15 is 0 Å². The first-order chi connectivity index (χ1) is 8.63. The van der Waals surface area contributed by atoms with Gasteiger partial charge < -0.3 is 15.2 Å². The minimum absolute atomic E-state index is 0.0681. The summed E-state index contributed by atoms with van der Waals surface area (Å²) in [6.07, 6.45) is 3.56. The Kier molecular flexibility index (Phi) is 5.37. The number of aliphatic carboxylic acids is 1. The van der Waals surface area contributed by atoms with Gasteiger partial charge in [-0.1, -0.05) is 18.7 Å². The number of aromatic nitrogens is 1. The van der Waals surface area contributed by atoms with Crippen LogP contribution in [0.5, 0.6) is 0 Å². The van der Waals surface area contributed by atoms with Crippen LogP contribution in [0.1, 0.15) is 18.0 Å². The fourth-order valence-electron chi connectivity index (χ4n) is 1.33. The molecule has 0 aromatic carbocycles. The van der Waals surface area contributed by atoms with Gasteiger partial charge in [-0.2, -0.15) is 0 Å². The molecule has 0 saturated heterocycles. The third-order valence-corrected chi connectivity index (χ3v) is 2.09. The lowest BCUT2D eigenvalue weighted by Crippen LogP contribution is -2.30. The number of carbonyl (C=O) groups excluding carboxylic acids is 1.